The summed E-state index contributed by atoms with van der Waals surface area (Å²) in [6.45, 7) is 9.97. The van der Waals surface area contributed by atoms with Crippen molar-refractivity contribution in [2.24, 2.45) is 11.3 Å². The number of carbonyl (C=O) groups is 2. The fourth-order valence-electron chi connectivity index (χ4n) is 11.9. The number of hydrogen-bond acceptors (Lipinski definition) is 12. The summed E-state index contributed by atoms with van der Waals surface area (Å²) in [6.07, 6.45) is 10.9. The molecule has 15 nitrogen and oxygen atoms in total. The van der Waals surface area contributed by atoms with Gasteiger partial charge in [-0.15, -0.1) is 10.2 Å². The van der Waals surface area contributed by atoms with E-state index in [0.717, 1.165) is 99.5 Å². The number of anilines is 5. The summed E-state index contributed by atoms with van der Waals surface area (Å²) < 4.78 is 24.1. The van der Waals surface area contributed by atoms with E-state index in [2.05, 4.69) is 58.9 Å². The summed E-state index contributed by atoms with van der Waals surface area (Å²) in [7, 11) is 0. The fourth-order valence-corrected chi connectivity index (χ4v) is 11.9. The van der Waals surface area contributed by atoms with E-state index in [1.807, 2.05) is 30.3 Å². The first-order valence-electron chi connectivity index (χ1n) is 23.0. The highest BCUT2D eigenvalue weighted by molar-refractivity contribution is 6.06. The number of piperidine rings is 1. The van der Waals surface area contributed by atoms with Crippen molar-refractivity contribution in [3.63, 3.8) is 0 Å². The van der Waals surface area contributed by atoms with Gasteiger partial charge in [-0.2, -0.15) is 0 Å². The number of pyridine rings is 1. The van der Waals surface area contributed by atoms with E-state index < -0.39 is 6.03 Å². The number of nitrogens with one attached hydrogen (secondary N) is 1. The summed E-state index contributed by atoms with van der Waals surface area (Å²) in [5, 5.41) is 22.4. The van der Waals surface area contributed by atoms with Crippen LogP contribution in [0.4, 0.5) is 37.8 Å². The summed E-state index contributed by atoms with van der Waals surface area (Å²) in [5.41, 5.74) is 13.2. The maximum atomic E-state index is 15.7. The minimum atomic E-state index is -0.408. The van der Waals surface area contributed by atoms with Crippen LogP contribution >= 0.6 is 0 Å². The highest BCUT2D eigenvalue weighted by Crippen LogP contribution is 2.53. The Hall–Kier alpha value is -6.00. The average molecular weight is 870 g/mol. The zero-order valence-electron chi connectivity index (χ0n) is 36.3. The molecule has 11 rings (SSSR count). The number of imide groups is 1. The molecule has 3 atom stereocenters. The zero-order valence-corrected chi connectivity index (χ0v) is 36.3. The molecule has 1 saturated carbocycles. The number of carbonyl (C=O) groups excluding carboxylic acids is 2. The lowest BCUT2D eigenvalue weighted by Gasteiger charge is -2.54. The second-order valence-electron chi connectivity index (χ2n) is 19.1. The van der Waals surface area contributed by atoms with Gasteiger partial charge in [0.15, 0.2) is 5.82 Å². The summed E-state index contributed by atoms with van der Waals surface area (Å²) in [6, 6.07) is 16.9. The Labute approximate surface area is 372 Å². The number of nitrogens with two attached hydrogens (primary N) is 1. The Morgan fingerprint density at radius 2 is 1.70 bits per heavy atom. The van der Waals surface area contributed by atoms with Crippen molar-refractivity contribution in [3.05, 3.63) is 78.4 Å². The summed E-state index contributed by atoms with van der Waals surface area (Å²) in [4.78, 5) is 40.1. The normalized spacial score (nSPS) is 23.9. The lowest BCUT2D eigenvalue weighted by molar-refractivity contribution is -0.120. The van der Waals surface area contributed by atoms with Gasteiger partial charge in [0.25, 0.3) is 0 Å². The number of halogens is 1. The number of nitrogens with zero attached hydrogens (tertiary/aromatic N) is 9. The minimum absolute atomic E-state index is 0.0491. The SMILES string of the molecule is Cc1cn(C[C@H]2CN(CC3CC4(CCN(c5cc(N6C7CCC6CN(c6cc(-c8ccccc8O)nnc6N)C7)ccc5F)CC4)C3)CCO2)c2ncc(N3CCC(=O)NC3=O)cc12. The van der Waals surface area contributed by atoms with Gasteiger partial charge in [-0.1, -0.05) is 12.1 Å². The molecule has 3 amide bonds. The molecule has 1 aliphatic carbocycles. The van der Waals surface area contributed by atoms with E-state index in [0.29, 0.717) is 59.5 Å². The quantitative estimate of drug-likeness (QED) is 0.161. The van der Waals surface area contributed by atoms with Crippen LogP contribution in [0.25, 0.3) is 22.3 Å². The number of rotatable bonds is 9. The Balaban J connectivity index is 0.682. The van der Waals surface area contributed by atoms with Crippen LogP contribution < -0.4 is 30.7 Å². The monoisotopic (exact) mass is 869 g/mol. The van der Waals surface area contributed by atoms with Crippen LogP contribution in [0.5, 0.6) is 5.75 Å². The minimum Gasteiger partial charge on any atom is -0.507 e. The standard InChI is InChI=1S/C48H56FN11O4/c1-30-24-58(46-38(30)18-35(23-51-46)59-13-10-44(62)52-47(59)63)29-36-28-55(16-17-64-36)25-31-21-48(22-31)11-14-56(15-12-48)41-19-32(8-9-39(41)49)60-33-6-7-34(60)27-57(26-33)42-20-40(53-54-45(42)50)37-4-2-3-5-43(37)61/h2-5,8-9,18-20,23-24,31,33-34,36,61H,6-7,10-17,21-22,25-29H2,1H3,(H2,50,54)(H,52,62,63)/t33?,34?,36-/m1/s1. The van der Waals surface area contributed by atoms with Gasteiger partial charge in [-0.25, -0.2) is 14.2 Å². The maximum absolute atomic E-state index is 15.7. The third-order valence-corrected chi connectivity index (χ3v) is 15.0. The number of urea groups is 1. The number of benzene rings is 2. The van der Waals surface area contributed by atoms with Crippen molar-refractivity contribution in [1.82, 2.24) is 30.0 Å². The lowest BCUT2D eigenvalue weighted by atomic mass is 9.57. The first kappa shape index (κ1) is 40.8. The molecule has 2 bridgehead atoms. The van der Waals surface area contributed by atoms with E-state index in [-0.39, 0.29) is 42.1 Å². The third kappa shape index (κ3) is 7.53. The molecule has 3 aromatic heterocycles. The van der Waals surface area contributed by atoms with Crippen molar-refractivity contribution in [1.29, 1.82) is 0 Å². The molecule has 6 aliphatic rings. The number of morpholine rings is 1. The summed E-state index contributed by atoms with van der Waals surface area (Å²) >= 11 is 0. The number of fused-ring (bicyclic) bond motifs is 3. The maximum Gasteiger partial charge on any atom is 0.328 e. The Morgan fingerprint density at radius 1 is 0.906 bits per heavy atom. The molecular weight excluding hydrogens is 814 g/mol. The largest absolute Gasteiger partial charge is 0.507 e. The molecular formula is C48H56FN11O4. The van der Waals surface area contributed by atoms with Crippen LogP contribution in [0.3, 0.4) is 0 Å². The predicted molar refractivity (Wildman–Crippen MR) is 244 cm³/mol. The molecule has 5 aliphatic heterocycles. The van der Waals surface area contributed by atoms with Crippen molar-refractivity contribution < 1.29 is 23.8 Å². The number of phenolic OH excluding ortho intramolecular Hbond substituents is 1. The van der Waals surface area contributed by atoms with Crippen molar-refractivity contribution >= 4 is 51.5 Å². The molecule has 8 heterocycles. The van der Waals surface area contributed by atoms with Gasteiger partial charge in [-0.3, -0.25) is 19.9 Å². The first-order chi connectivity index (χ1) is 31.1. The van der Waals surface area contributed by atoms with Gasteiger partial charge in [-0.05, 0) is 105 Å². The van der Waals surface area contributed by atoms with E-state index >= 15 is 4.39 Å². The molecule has 5 saturated heterocycles. The number of hydrogen-bond donors (Lipinski definition) is 3. The van der Waals surface area contributed by atoms with Gasteiger partial charge >= 0.3 is 6.03 Å². The number of aromatic hydroxyl groups is 1. The van der Waals surface area contributed by atoms with Gasteiger partial charge < -0.3 is 34.8 Å². The predicted octanol–water partition coefficient (Wildman–Crippen LogP) is 5.93. The number of para-hydroxylation sites is 1. The van der Waals surface area contributed by atoms with E-state index in [1.54, 1.807) is 29.3 Å². The molecule has 5 aromatic rings. The molecule has 4 N–H and O–H groups in total. The second kappa shape index (κ2) is 16.2. The summed E-state index contributed by atoms with van der Waals surface area (Å²) in [5.74, 6) is 0.787. The van der Waals surface area contributed by atoms with Crippen molar-refractivity contribution in [3.8, 4) is 17.0 Å². The van der Waals surface area contributed by atoms with Crippen LogP contribution in [0.1, 0.15) is 50.5 Å². The third-order valence-electron chi connectivity index (χ3n) is 15.0. The highest BCUT2D eigenvalue weighted by atomic mass is 19.1. The molecule has 334 valence electrons. The second-order valence-corrected chi connectivity index (χ2v) is 19.1. The number of nitrogen functional groups attached to an aromatic ring is 1. The molecule has 64 heavy (non-hydrogen) atoms. The van der Waals surface area contributed by atoms with E-state index in [1.165, 1.54) is 12.8 Å². The molecule has 1 spiro atoms. The van der Waals surface area contributed by atoms with Crippen LogP contribution in [0.2, 0.25) is 0 Å². The molecule has 0 radical (unpaired) electrons. The number of phenols is 1. The van der Waals surface area contributed by atoms with Gasteiger partial charge in [0, 0.05) is 93.7 Å². The first-order valence-corrected chi connectivity index (χ1v) is 23.0. The van der Waals surface area contributed by atoms with Crippen molar-refractivity contribution in [2.45, 2.75) is 76.6 Å². The van der Waals surface area contributed by atoms with Gasteiger partial charge in [0.1, 0.15) is 17.2 Å². The molecule has 16 heteroatoms. The van der Waals surface area contributed by atoms with Gasteiger partial charge in [0.2, 0.25) is 5.91 Å². The Kier molecular flexibility index (Phi) is 10.3. The molecule has 2 unspecified atom stereocenters. The van der Waals surface area contributed by atoms with Crippen molar-refractivity contribution in [2.75, 3.05) is 84.3 Å². The van der Waals surface area contributed by atoms with Crippen LogP contribution in [-0.4, -0.2) is 119 Å². The molecule has 2 aromatic carbocycles. The average Bonchev–Trinajstić information content (AvgIpc) is 3.73. The van der Waals surface area contributed by atoms with E-state index in [4.69, 9.17) is 15.5 Å². The zero-order chi connectivity index (χ0) is 43.7. The fraction of sp³-hybridized carbons (Fsp3) is 0.479. The number of ether oxygens (including phenoxy) is 1. The number of amides is 3. The number of aryl methyl sites for hydroxylation is 1. The van der Waals surface area contributed by atoms with Crippen LogP contribution in [0, 0.1) is 24.1 Å². The highest BCUT2D eigenvalue weighted by Gasteiger charge is 2.47. The van der Waals surface area contributed by atoms with Gasteiger partial charge in [0.05, 0.1) is 48.2 Å². The number of aromatic nitrogens is 4. The van der Waals surface area contributed by atoms with E-state index in [9.17, 15) is 14.7 Å². The van der Waals surface area contributed by atoms with Crippen LogP contribution in [-0.2, 0) is 16.1 Å². The smallest absolute Gasteiger partial charge is 0.328 e. The molecule has 6 fully saturated rings. The van der Waals surface area contributed by atoms with Crippen LogP contribution in [0.15, 0.2) is 67.0 Å². The topological polar surface area (TPSA) is 161 Å². The Morgan fingerprint density at radius 3 is 2.48 bits per heavy atom. The lowest BCUT2D eigenvalue weighted by Crippen LogP contribution is -2.54. The Bertz CT molecular complexity index is 2590. The number of piperazine rings is 1.